The standard InChI is InChI=1S/C11H14N4O2S2/c1-15(7-5-9-4-2-3-6-13-9)11-14-8-10(18-11)19(12,16)17/h2-4,6,8H,5,7H2,1H3,(H2,12,16,17). The van der Waals surface area contributed by atoms with E-state index < -0.39 is 10.0 Å². The molecule has 0 fully saturated rings. The van der Waals surface area contributed by atoms with E-state index in [-0.39, 0.29) is 4.21 Å². The highest BCUT2D eigenvalue weighted by molar-refractivity contribution is 7.91. The summed E-state index contributed by atoms with van der Waals surface area (Å²) in [4.78, 5) is 10.2. The van der Waals surface area contributed by atoms with Crippen LogP contribution in [0, 0.1) is 0 Å². The minimum atomic E-state index is -3.67. The predicted octanol–water partition coefficient (Wildman–Crippen LogP) is 0.864. The van der Waals surface area contributed by atoms with Gasteiger partial charge in [-0.2, -0.15) is 0 Å². The lowest BCUT2D eigenvalue weighted by atomic mass is 10.2. The molecule has 2 heterocycles. The summed E-state index contributed by atoms with van der Waals surface area (Å²) >= 11 is 1.06. The van der Waals surface area contributed by atoms with E-state index in [0.29, 0.717) is 11.7 Å². The number of sulfonamides is 1. The van der Waals surface area contributed by atoms with Gasteiger partial charge in [0.2, 0.25) is 10.0 Å². The third kappa shape index (κ3) is 3.72. The third-order valence-corrected chi connectivity index (χ3v) is 5.03. The fourth-order valence-corrected chi connectivity index (χ4v) is 3.01. The third-order valence-electron chi connectivity index (χ3n) is 2.51. The summed E-state index contributed by atoms with van der Waals surface area (Å²) in [5.41, 5.74) is 0.984. The van der Waals surface area contributed by atoms with Crippen molar-refractivity contribution in [2.45, 2.75) is 10.6 Å². The lowest BCUT2D eigenvalue weighted by Gasteiger charge is -2.14. The van der Waals surface area contributed by atoms with Crippen LogP contribution in [0.25, 0.3) is 0 Å². The average Bonchev–Trinajstić information content (AvgIpc) is 2.87. The van der Waals surface area contributed by atoms with Gasteiger partial charge in [0.15, 0.2) is 9.34 Å². The van der Waals surface area contributed by atoms with E-state index in [1.807, 2.05) is 30.1 Å². The van der Waals surface area contributed by atoms with Gasteiger partial charge in [-0.1, -0.05) is 17.4 Å². The van der Waals surface area contributed by atoms with Gasteiger partial charge < -0.3 is 4.90 Å². The molecule has 0 radical (unpaired) electrons. The van der Waals surface area contributed by atoms with Crippen LogP contribution in [0.2, 0.25) is 0 Å². The van der Waals surface area contributed by atoms with Gasteiger partial charge in [0.05, 0.1) is 6.20 Å². The molecule has 2 aromatic heterocycles. The molecular weight excluding hydrogens is 284 g/mol. The highest BCUT2D eigenvalue weighted by Gasteiger charge is 2.14. The fraction of sp³-hybridized carbons (Fsp3) is 0.273. The fourth-order valence-electron chi connectivity index (χ4n) is 1.48. The Morgan fingerprint density at radius 2 is 2.16 bits per heavy atom. The van der Waals surface area contributed by atoms with E-state index in [9.17, 15) is 8.42 Å². The number of primary sulfonamides is 1. The quantitative estimate of drug-likeness (QED) is 0.884. The van der Waals surface area contributed by atoms with Crippen LogP contribution in [0.4, 0.5) is 5.13 Å². The molecule has 0 aromatic carbocycles. The topological polar surface area (TPSA) is 89.2 Å². The monoisotopic (exact) mass is 298 g/mol. The number of nitrogens with two attached hydrogens (primary N) is 1. The lowest BCUT2D eigenvalue weighted by molar-refractivity contribution is 0.599. The zero-order valence-corrected chi connectivity index (χ0v) is 12.0. The number of nitrogens with zero attached hydrogens (tertiary/aromatic N) is 3. The van der Waals surface area contributed by atoms with Gasteiger partial charge in [-0.25, -0.2) is 18.5 Å². The Hall–Kier alpha value is -1.51. The summed E-state index contributed by atoms with van der Waals surface area (Å²) in [5, 5.41) is 5.67. The zero-order valence-electron chi connectivity index (χ0n) is 10.4. The maximum atomic E-state index is 11.2. The average molecular weight is 298 g/mol. The number of rotatable bonds is 5. The number of likely N-dealkylation sites (N-methyl/N-ethyl adjacent to an activating group) is 1. The molecule has 0 aliphatic carbocycles. The van der Waals surface area contributed by atoms with Gasteiger partial charge in [-0.3, -0.25) is 4.98 Å². The molecule has 2 aromatic rings. The summed E-state index contributed by atoms with van der Waals surface area (Å²) < 4.78 is 22.4. The molecule has 102 valence electrons. The molecule has 2 N–H and O–H groups in total. The van der Waals surface area contributed by atoms with E-state index in [2.05, 4.69) is 9.97 Å². The van der Waals surface area contributed by atoms with Crippen molar-refractivity contribution in [3.63, 3.8) is 0 Å². The van der Waals surface area contributed by atoms with Crippen LogP contribution in [0.3, 0.4) is 0 Å². The Balaban J connectivity index is 2.01. The van der Waals surface area contributed by atoms with Crippen LogP contribution in [0.1, 0.15) is 5.69 Å². The number of aromatic nitrogens is 2. The molecule has 6 nitrogen and oxygen atoms in total. The largest absolute Gasteiger partial charge is 0.351 e. The summed E-state index contributed by atoms with van der Waals surface area (Å²) in [6, 6.07) is 5.75. The van der Waals surface area contributed by atoms with Crippen LogP contribution >= 0.6 is 11.3 Å². The summed E-state index contributed by atoms with van der Waals surface area (Å²) in [6.07, 6.45) is 3.80. The van der Waals surface area contributed by atoms with Gasteiger partial charge in [-0.05, 0) is 12.1 Å². The summed E-state index contributed by atoms with van der Waals surface area (Å²) in [5.74, 6) is 0. The normalized spacial score (nSPS) is 11.5. The molecule has 0 bridgehead atoms. The molecule has 0 saturated carbocycles. The Morgan fingerprint density at radius 1 is 1.37 bits per heavy atom. The number of anilines is 1. The first-order valence-electron chi connectivity index (χ1n) is 5.56. The van der Waals surface area contributed by atoms with Gasteiger partial charge >= 0.3 is 0 Å². The summed E-state index contributed by atoms with van der Waals surface area (Å²) in [6.45, 7) is 0.703. The van der Waals surface area contributed by atoms with E-state index >= 15 is 0 Å². The second kappa shape index (κ2) is 5.64. The zero-order chi connectivity index (χ0) is 13.9. The molecule has 0 saturated heterocycles. The second-order valence-corrected chi connectivity index (χ2v) is 6.80. The van der Waals surface area contributed by atoms with Crippen molar-refractivity contribution in [2.75, 3.05) is 18.5 Å². The highest BCUT2D eigenvalue weighted by Crippen LogP contribution is 2.24. The van der Waals surface area contributed by atoms with E-state index in [0.717, 1.165) is 23.5 Å². The van der Waals surface area contributed by atoms with Crippen molar-refractivity contribution in [3.8, 4) is 0 Å². The van der Waals surface area contributed by atoms with Gasteiger partial charge in [-0.15, -0.1) is 0 Å². The van der Waals surface area contributed by atoms with Crippen molar-refractivity contribution in [3.05, 3.63) is 36.3 Å². The van der Waals surface area contributed by atoms with Gasteiger partial charge in [0, 0.05) is 31.9 Å². The maximum Gasteiger partial charge on any atom is 0.249 e. The van der Waals surface area contributed by atoms with Crippen molar-refractivity contribution >= 4 is 26.5 Å². The van der Waals surface area contributed by atoms with Crippen LogP contribution in [0.5, 0.6) is 0 Å². The SMILES string of the molecule is CN(CCc1ccccn1)c1ncc(S(N)(=O)=O)s1. The number of thiazole rings is 1. The van der Waals surface area contributed by atoms with Crippen molar-refractivity contribution in [1.29, 1.82) is 0 Å². The number of hydrogen-bond acceptors (Lipinski definition) is 6. The smallest absolute Gasteiger partial charge is 0.249 e. The van der Waals surface area contributed by atoms with Crippen molar-refractivity contribution < 1.29 is 8.42 Å². The van der Waals surface area contributed by atoms with Gasteiger partial charge in [0.1, 0.15) is 0 Å². The number of pyridine rings is 1. The van der Waals surface area contributed by atoms with E-state index in [1.165, 1.54) is 6.20 Å². The van der Waals surface area contributed by atoms with Gasteiger partial charge in [0.25, 0.3) is 0 Å². The maximum absolute atomic E-state index is 11.2. The van der Waals surface area contributed by atoms with Crippen LogP contribution in [-0.2, 0) is 16.4 Å². The molecule has 0 aliphatic rings. The van der Waals surface area contributed by atoms with Crippen molar-refractivity contribution in [2.24, 2.45) is 5.14 Å². The van der Waals surface area contributed by atoms with E-state index in [4.69, 9.17) is 5.14 Å². The second-order valence-electron chi connectivity index (χ2n) is 4.00. The minimum absolute atomic E-state index is 0.0761. The predicted molar refractivity (Wildman–Crippen MR) is 74.7 cm³/mol. The molecule has 8 heteroatoms. The molecule has 2 rings (SSSR count). The Labute approximate surface area is 116 Å². The minimum Gasteiger partial charge on any atom is -0.351 e. The first kappa shape index (κ1) is 13.9. The molecular formula is C11H14N4O2S2. The van der Waals surface area contributed by atoms with Crippen LogP contribution in [-0.4, -0.2) is 32.0 Å². The molecule has 0 spiro atoms. The molecule has 0 aliphatic heterocycles. The highest BCUT2D eigenvalue weighted by atomic mass is 32.2. The van der Waals surface area contributed by atoms with Crippen molar-refractivity contribution in [1.82, 2.24) is 9.97 Å². The van der Waals surface area contributed by atoms with Crippen LogP contribution < -0.4 is 10.0 Å². The molecule has 0 atom stereocenters. The number of hydrogen-bond donors (Lipinski definition) is 1. The van der Waals surface area contributed by atoms with E-state index in [1.54, 1.807) is 6.20 Å². The Bertz CT molecular complexity index is 640. The molecule has 0 unspecified atom stereocenters. The Morgan fingerprint density at radius 3 is 2.74 bits per heavy atom. The first-order chi connectivity index (χ1) is 8.97. The Kier molecular flexibility index (Phi) is 4.13. The molecule has 0 amide bonds. The lowest BCUT2D eigenvalue weighted by Crippen LogP contribution is -2.20. The molecule has 19 heavy (non-hydrogen) atoms. The van der Waals surface area contributed by atoms with Crippen LogP contribution in [0.15, 0.2) is 34.8 Å². The summed E-state index contributed by atoms with van der Waals surface area (Å²) in [7, 11) is -1.81. The first-order valence-corrected chi connectivity index (χ1v) is 7.93.